The maximum absolute atomic E-state index is 11.7. The van der Waals surface area contributed by atoms with Gasteiger partial charge in [-0.15, -0.1) is 6.58 Å². The van der Waals surface area contributed by atoms with Gasteiger partial charge in [0.15, 0.2) is 0 Å². The zero-order valence-corrected chi connectivity index (χ0v) is 27.8. The van der Waals surface area contributed by atoms with Crippen molar-refractivity contribution in [3.63, 3.8) is 0 Å². The predicted octanol–water partition coefficient (Wildman–Crippen LogP) is 5.98. The van der Waals surface area contributed by atoms with Crippen LogP contribution in [-0.2, 0) is 23.9 Å². The van der Waals surface area contributed by atoms with E-state index in [1.165, 1.54) is 0 Å². The molecule has 0 aliphatic heterocycles. The molecule has 11 nitrogen and oxygen atoms in total. The van der Waals surface area contributed by atoms with Crippen molar-refractivity contribution in [1.29, 1.82) is 0 Å². The van der Waals surface area contributed by atoms with Crippen LogP contribution in [0, 0.1) is 0 Å². The molecule has 0 aliphatic rings. The molecule has 0 spiro atoms. The van der Waals surface area contributed by atoms with E-state index < -0.39 is 12.0 Å². The van der Waals surface area contributed by atoms with Crippen molar-refractivity contribution in [1.82, 2.24) is 24.8 Å². The highest BCUT2D eigenvalue weighted by molar-refractivity contribution is 5.78. The molecule has 0 aliphatic carbocycles. The first-order chi connectivity index (χ1) is 21.5. The fraction of sp³-hybridized carbons (Fsp3) is 0.429. The number of rotatable bonds is 11. The molecular weight excluding hydrogens is 586 g/mol. The van der Waals surface area contributed by atoms with Gasteiger partial charge in [0.25, 0.3) is 0 Å². The molecule has 0 amide bonds. The van der Waals surface area contributed by atoms with Gasteiger partial charge in [-0.05, 0) is 108 Å². The Labute approximate surface area is 275 Å². The van der Waals surface area contributed by atoms with Crippen molar-refractivity contribution in [2.75, 3.05) is 41.4 Å². The fourth-order valence-corrected chi connectivity index (χ4v) is 3.67. The zero-order valence-electron chi connectivity index (χ0n) is 27.8. The van der Waals surface area contributed by atoms with Gasteiger partial charge < -0.3 is 14.6 Å². The number of carbonyl (C=O) groups is 3. The SMILES string of the molecule is C.C=CCC.CCOC(=O)C(C)c1ccncc1.CCOC(=O)C(c1ccncc1)N(C)C.CN(C)C(C(=O)O)c1ccncc1. The first kappa shape index (κ1) is 43.6. The maximum atomic E-state index is 11.7. The Balaban J connectivity index is 0. The number of carbonyl (C=O) groups excluding carboxylic acids is 2. The molecule has 0 fully saturated rings. The Morgan fingerprint density at radius 1 is 0.717 bits per heavy atom. The first-order valence-corrected chi connectivity index (χ1v) is 14.7. The zero-order chi connectivity index (χ0) is 34.2. The van der Waals surface area contributed by atoms with Gasteiger partial charge in [0.05, 0.1) is 19.1 Å². The van der Waals surface area contributed by atoms with Gasteiger partial charge in [0.1, 0.15) is 12.1 Å². The normalized spacial score (nSPS) is 11.7. The number of aromatic nitrogens is 3. The van der Waals surface area contributed by atoms with E-state index in [4.69, 9.17) is 14.6 Å². The van der Waals surface area contributed by atoms with Gasteiger partial charge in [-0.1, -0.05) is 20.4 Å². The third-order valence-corrected chi connectivity index (χ3v) is 5.96. The number of likely N-dealkylation sites (N-methyl/N-ethyl adjacent to an activating group) is 2. The molecule has 3 atom stereocenters. The van der Waals surface area contributed by atoms with Crippen molar-refractivity contribution >= 4 is 17.9 Å². The lowest BCUT2D eigenvalue weighted by Crippen LogP contribution is -2.29. The minimum Gasteiger partial charge on any atom is -0.480 e. The van der Waals surface area contributed by atoms with Gasteiger partial charge >= 0.3 is 17.9 Å². The average Bonchev–Trinajstić information content (AvgIpc) is 3.03. The molecule has 0 saturated carbocycles. The van der Waals surface area contributed by atoms with Crippen molar-refractivity contribution in [2.24, 2.45) is 0 Å². The van der Waals surface area contributed by atoms with E-state index in [-0.39, 0.29) is 31.3 Å². The highest BCUT2D eigenvalue weighted by Crippen LogP contribution is 2.19. The summed E-state index contributed by atoms with van der Waals surface area (Å²) in [6.45, 7) is 11.8. The van der Waals surface area contributed by atoms with E-state index in [0.29, 0.717) is 13.2 Å². The molecule has 3 heterocycles. The Morgan fingerprint density at radius 2 is 1.04 bits per heavy atom. The minimum atomic E-state index is -0.851. The number of carboxylic acid groups (broad SMARTS) is 1. The number of hydrogen-bond acceptors (Lipinski definition) is 10. The van der Waals surface area contributed by atoms with Crippen LogP contribution in [0.5, 0.6) is 0 Å². The summed E-state index contributed by atoms with van der Waals surface area (Å²) in [5.74, 6) is -1.47. The molecule has 0 radical (unpaired) electrons. The minimum absolute atomic E-state index is 0. The molecule has 254 valence electrons. The van der Waals surface area contributed by atoms with Crippen LogP contribution in [0.1, 0.15) is 76.2 Å². The summed E-state index contributed by atoms with van der Waals surface area (Å²) in [6, 6.07) is 9.75. The summed E-state index contributed by atoms with van der Waals surface area (Å²) in [7, 11) is 7.17. The van der Waals surface area contributed by atoms with Crippen molar-refractivity contribution in [3.05, 3.63) is 103 Å². The quantitative estimate of drug-likeness (QED) is 0.196. The maximum Gasteiger partial charge on any atom is 0.327 e. The van der Waals surface area contributed by atoms with Gasteiger partial charge in [-0.3, -0.25) is 34.3 Å². The smallest absolute Gasteiger partial charge is 0.327 e. The summed E-state index contributed by atoms with van der Waals surface area (Å²) in [5.41, 5.74) is 2.58. The number of hydrogen-bond donors (Lipinski definition) is 1. The van der Waals surface area contributed by atoms with Crippen LogP contribution in [-0.4, -0.2) is 89.2 Å². The molecule has 3 aromatic heterocycles. The van der Waals surface area contributed by atoms with Crippen molar-refractivity contribution < 1.29 is 29.0 Å². The summed E-state index contributed by atoms with van der Waals surface area (Å²) in [5, 5.41) is 8.94. The van der Waals surface area contributed by atoms with Gasteiger partial charge in [0.2, 0.25) is 0 Å². The number of nitrogens with zero attached hydrogens (tertiary/aromatic N) is 5. The fourth-order valence-electron chi connectivity index (χ4n) is 3.67. The summed E-state index contributed by atoms with van der Waals surface area (Å²) in [4.78, 5) is 49.0. The largest absolute Gasteiger partial charge is 0.480 e. The number of ether oxygens (including phenoxy) is 2. The Hall–Kier alpha value is -4.48. The van der Waals surface area contributed by atoms with Crippen LogP contribution in [0.3, 0.4) is 0 Å². The van der Waals surface area contributed by atoms with E-state index in [0.717, 1.165) is 23.1 Å². The molecule has 46 heavy (non-hydrogen) atoms. The van der Waals surface area contributed by atoms with Crippen LogP contribution in [0.25, 0.3) is 0 Å². The second-order valence-electron chi connectivity index (χ2n) is 9.83. The second-order valence-corrected chi connectivity index (χ2v) is 9.83. The topological polar surface area (TPSA) is 135 Å². The van der Waals surface area contributed by atoms with Crippen LogP contribution < -0.4 is 0 Å². The van der Waals surface area contributed by atoms with Gasteiger partial charge in [-0.2, -0.15) is 0 Å². The molecular formula is C35H53N5O6. The van der Waals surface area contributed by atoms with Crippen LogP contribution in [0.2, 0.25) is 0 Å². The summed E-state index contributed by atoms with van der Waals surface area (Å²) < 4.78 is 9.92. The lowest BCUT2D eigenvalue weighted by Gasteiger charge is -2.22. The Morgan fingerprint density at radius 3 is 1.35 bits per heavy atom. The lowest BCUT2D eigenvalue weighted by atomic mass is 10.0. The summed E-state index contributed by atoms with van der Waals surface area (Å²) >= 11 is 0. The standard InChI is InChI=1S/C11H16N2O2.C10H13NO2.C9H12N2O2.C4H8.CH4/c1-4-15-11(14)10(13(2)3)9-5-7-12-8-6-9;1-3-13-10(12)8(2)9-4-6-11-7-5-9;1-11(2)8(9(12)13)7-3-5-10-6-4-7;1-3-4-2;/h5-8,10H,4H2,1-3H3;4-8H,3H2,1-2H3;3-6,8H,1-2H3,(H,12,13);3H,1,4H2,2H3;1H4. The number of aliphatic carboxylic acids is 1. The number of carboxylic acids is 1. The van der Waals surface area contributed by atoms with Gasteiger partial charge in [-0.25, -0.2) is 4.79 Å². The van der Waals surface area contributed by atoms with E-state index in [9.17, 15) is 14.4 Å². The summed E-state index contributed by atoms with van der Waals surface area (Å²) in [6.07, 6.45) is 12.8. The highest BCUT2D eigenvalue weighted by Gasteiger charge is 2.24. The lowest BCUT2D eigenvalue weighted by molar-refractivity contribution is -0.149. The predicted molar refractivity (Wildman–Crippen MR) is 182 cm³/mol. The third-order valence-electron chi connectivity index (χ3n) is 5.96. The second kappa shape index (κ2) is 25.8. The molecule has 0 saturated heterocycles. The number of esters is 2. The third kappa shape index (κ3) is 17.1. The van der Waals surface area contributed by atoms with Crippen LogP contribution in [0.4, 0.5) is 0 Å². The van der Waals surface area contributed by atoms with E-state index >= 15 is 0 Å². The highest BCUT2D eigenvalue weighted by atomic mass is 16.5. The molecule has 3 rings (SSSR count). The Bertz CT molecular complexity index is 1230. The van der Waals surface area contributed by atoms with E-state index in [2.05, 4.69) is 28.5 Å². The molecule has 3 unspecified atom stereocenters. The molecule has 0 bridgehead atoms. The number of allylic oxidation sites excluding steroid dienone is 1. The van der Waals surface area contributed by atoms with Gasteiger partial charge in [0, 0.05) is 37.2 Å². The van der Waals surface area contributed by atoms with Crippen molar-refractivity contribution in [2.45, 2.75) is 59.5 Å². The monoisotopic (exact) mass is 639 g/mol. The van der Waals surface area contributed by atoms with Crippen molar-refractivity contribution in [3.8, 4) is 0 Å². The first-order valence-electron chi connectivity index (χ1n) is 14.7. The van der Waals surface area contributed by atoms with Crippen LogP contribution >= 0.6 is 0 Å². The molecule has 1 N–H and O–H groups in total. The average molecular weight is 640 g/mol. The number of pyridine rings is 3. The Kier molecular flexibility index (Phi) is 24.5. The van der Waals surface area contributed by atoms with E-state index in [1.54, 1.807) is 82.2 Å². The van der Waals surface area contributed by atoms with Crippen LogP contribution in [0.15, 0.2) is 86.2 Å². The van der Waals surface area contributed by atoms with E-state index in [1.807, 2.05) is 56.3 Å². The molecule has 0 aromatic carbocycles. The molecule has 3 aromatic rings. The molecule has 11 heteroatoms.